The van der Waals surface area contributed by atoms with Gasteiger partial charge in [-0.2, -0.15) is 10.2 Å². The third-order valence-electron chi connectivity index (χ3n) is 4.77. The maximum Gasteiger partial charge on any atom is 0.272 e. The number of hydrogen-bond acceptors (Lipinski definition) is 4. The molecule has 1 aliphatic rings. The van der Waals surface area contributed by atoms with Gasteiger partial charge in [0, 0.05) is 37.3 Å². The van der Waals surface area contributed by atoms with Gasteiger partial charge in [0.1, 0.15) is 18.1 Å². The molecule has 1 aromatic carbocycles. The molecule has 27 heavy (non-hydrogen) atoms. The van der Waals surface area contributed by atoms with Crippen LogP contribution in [0.2, 0.25) is 5.02 Å². The quantitative estimate of drug-likeness (QED) is 0.732. The molecule has 8 heteroatoms. The number of carbonyl (C=O) groups excluding carboxylic acids is 1. The number of ether oxygens (including phenoxy) is 1. The van der Waals surface area contributed by atoms with Crippen molar-refractivity contribution in [2.75, 3.05) is 13.1 Å². The number of likely N-dealkylation sites (tertiary alicyclic amines) is 1. The lowest BCUT2D eigenvalue weighted by Crippen LogP contribution is -2.30. The van der Waals surface area contributed by atoms with Crippen molar-refractivity contribution in [2.24, 2.45) is 7.05 Å². The van der Waals surface area contributed by atoms with Crippen LogP contribution in [0.15, 0.2) is 42.6 Å². The van der Waals surface area contributed by atoms with Crippen LogP contribution in [-0.2, 0) is 13.7 Å². The van der Waals surface area contributed by atoms with Crippen LogP contribution in [0.5, 0.6) is 5.75 Å². The van der Waals surface area contributed by atoms with Gasteiger partial charge in [-0.05, 0) is 36.8 Å². The zero-order valence-electron chi connectivity index (χ0n) is 14.9. The summed E-state index contributed by atoms with van der Waals surface area (Å²) in [5.41, 5.74) is 2.45. The molecule has 7 nitrogen and oxygen atoms in total. The second-order valence-electron chi connectivity index (χ2n) is 6.64. The first-order valence-electron chi connectivity index (χ1n) is 8.80. The van der Waals surface area contributed by atoms with Crippen molar-refractivity contribution in [3.8, 4) is 5.75 Å². The van der Waals surface area contributed by atoms with Crippen molar-refractivity contribution in [1.82, 2.24) is 24.9 Å². The molecule has 0 aliphatic carbocycles. The summed E-state index contributed by atoms with van der Waals surface area (Å²) in [6, 6.07) is 11.0. The number of carbonyl (C=O) groups is 1. The van der Waals surface area contributed by atoms with E-state index in [1.54, 1.807) is 36.1 Å². The molecular formula is C19H20ClN5O2. The number of H-pyrrole nitrogens is 1. The number of aromatic amines is 1. The number of nitrogens with zero attached hydrogens (tertiary/aromatic N) is 4. The second-order valence-corrected chi connectivity index (χ2v) is 7.08. The van der Waals surface area contributed by atoms with Gasteiger partial charge in [-0.3, -0.25) is 14.6 Å². The van der Waals surface area contributed by atoms with Gasteiger partial charge in [0.2, 0.25) is 0 Å². The van der Waals surface area contributed by atoms with Crippen LogP contribution in [-0.4, -0.2) is 43.9 Å². The number of amides is 1. The molecule has 1 saturated heterocycles. The van der Waals surface area contributed by atoms with Gasteiger partial charge in [0.25, 0.3) is 5.91 Å². The van der Waals surface area contributed by atoms with E-state index in [1.807, 2.05) is 23.1 Å². The molecular weight excluding hydrogens is 366 g/mol. The fourth-order valence-electron chi connectivity index (χ4n) is 3.31. The Bertz CT molecular complexity index is 951. The van der Waals surface area contributed by atoms with Crippen LogP contribution in [0.1, 0.15) is 34.2 Å². The van der Waals surface area contributed by atoms with Crippen LogP contribution in [0.25, 0.3) is 0 Å². The molecule has 4 rings (SSSR count). The highest BCUT2D eigenvalue weighted by Gasteiger charge is 2.30. The lowest BCUT2D eigenvalue weighted by atomic mass is 10.1. The number of hydrogen-bond donors (Lipinski definition) is 1. The molecule has 0 saturated carbocycles. The number of halogens is 1. The monoisotopic (exact) mass is 385 g/mol. The van der Waals surface area contributed by atoms with E-state index in [4.69, 9.17) is 16.3 Å². The first-order valence-corrected chi connectivity index (χ1v) is 9.18. The lowest BCUT2D eigenvalue weighted by Gasteiger charge is -2.15. The van der Waals surface area contributed by atoms with E-state index in [1.165, 1.54) is 0 Å². The van der Waals surface area contributed by atoms with Crippen LogP contribution < -0.4 is 4.74 Å². The minimum absolute atomic E-state index is 0.0116. The molecule has 1 atom stereocenters. The molecule has 1 fully saturated rings. The first-order chi connectivity index (χ1) is 13.1. The molecule has 1 N–H and O–H groups in total. The Hall–Kier alpha value is -2.80. The largest absolute Gasteiger partial charge is 0.487 e. The van der Waals surface area contributed by atoms with E-state index in [0.29, 0.717) is 29.6 Å². The summed E-state index contributed by atoms with van der Waals surface area (Å²) in [6.07, 6.45) is 2.53. The molecule has 140 valence electrons. The predicted molar refractivity (Wildman–Crippen MR) is 101 cm³/mol. The van der Waals surface area contributed by atoms with Gasteiger partial charge in [-0.1, -0.05) is 17.7 Å². The van der Waals surface area contributed by atoms with Gasteiger partial charge in [0.05, 0.1) is 11.4 Å². The average molecular weight is 386 g/mol. The molecule has 3 aromatic rings. The Morgan fingerprint density at radius 1 is 1.37 bits per heavy atom. The summed E-state index contributed by atoms with van der Waals surface area (Å²) in [4.78, 5) is 14.5. The molecule has 1 aliphatic heterocycles. The lowest BCUT2D eigenvalue weighted by molar-refractivity contribution is 0.0780. The summed E-state index contributed by atoms with van der Waals surface area (Å²) in [5, 5.41) is 12.1. The molecule has 2 aromatic heterocycles. The highest BCUT2D eigenvalue weighted by molar-refractivity contribution is 6.30. The van der Waals surface area contributed by atoms with Crippen LogP contribution in [0, 0.1) is 0 Å². The molecule has 0 bridgehead atoms. The highest BCUT2D eigenvalue weighted by atomic mass is 35.5. The van der Waals surface area contributed by atoms with Gasteiger partial charge in [-0.25, -0.2) is 0 Å². The van der Waals surface area contributed by atoms with E-state index >= 15 is 0 Å². The fourth-order valence-corrected chi connectivity index (χ4v) is 3.49. The van der Waals surface area contributed by atoms with E-state index in [-0.39, 0.29) is 11.8 Å². The number of aryl methyl sites for hydroxylation is 1. The summed E-state index contributed by atoms with van der Waals surface area (Å²) < 4.78 is 7.35. The Balaban J connectivity index is 1.36. The van der Waals surface area contributed by atoms with Crippen molar-refractivity contribution >= 4 is 17.5 Å². The molecule has 0 radical (unpaired) electrons. The van der Waals surface area contributed by atoms with Gasteiger partial charge < -0.3 is 9.64 Å². The molecule has 0 spiro atoms. The fraction of sp³-hybridized carbons (Fsp3) is 0.316. The summed E-state index contributed by atoms with van der Waals surface area (Å²) in [5.74, 6) is 0.948. The van der Waals surface area contributed by atoms with E-state index in [9.17, 15) is 4.79 Å². The maximum absolute atomic E-state index is 12.6. The van der Waals surface area contributed by atoms with Gasteiger partial charge in [0.15, 0.2) is 0 Å². The minimum Gasteiger partial charge on any atom is -0.487 e. The smallest absolute Gasteiger partial charge is 0.272 e. The molecule has 1 amide bonds. The maximum atomic E-state index is 12.6. The second kappa shape index (κ2) is 7.44. The van der Waals surface area contributed by atoms with Crippen molar-refractivity contribution in [1.29, 1.82) is 0 Å². The highest BCUT2D eigenvalue weighted by Crippen LogP contribution is 2.27. The zero-order chi connectivity index (χ0) is 18.8. The SMILES string of the molecule is Cn1nccc1C(=O)N1CCC(c2cc(COc3cccc(Cl)c3)[nH]n2)C1. The minimum atomic E-state index is 0.0116. The number of rotatable bonds is 5. The van der Waals surface area contributed by atoms with E-state index in [2.05, 4.69) is 15.3 Å². The molecule has 3 heterocycles. The Labute approximate surface area is 161 Å². The standard InChI is InChI=1S/C19H20ClN5O2/c1-24-18(5-7-21-24)19(26)25-8-6-13(11-25)17-10-15(22-23-17)12-27-16-4-2-3-14(20)9-16/h2-5,7,9-10,13H,6,8,11-12H2,1H3,(H,22,23). The van der Waals surface area contributed by atoms with Gasteiger partial charge >= 0.3 is 0 Å². The zero-order valence-corrected chi connectivity index (χ0v) is 15.7. The van der Waals surface area contributed by atoms with E-state index in [0.717, 1.165) is 24.4 Å². The Morgan fingerprint density at radius 3 is 3.04 bits per heavy atom. The number of aromatic nitrogens is 4. The Morgan fingerprint density at radius 2 is 2.26 bits per heavy atom. The number of benzene rings is 1. The van der Waals surface area contributed by atoms with Crippen LogP contribution in [0.3, 0.4) is 0 Å². The summed E-state index contributed by atoms with van der Waals surface area (Å²) in [7, 11) is 1.78. The van der Waals surface area contributed by atoms with Crippen molar-refractivity contribution in [2.45, 2.75) is 18.9 Å². The van der Waals surface area contributed by atoms with Crippen LogP contribution in [0.4, 0.5) is 0 Å². The number of nitrogens with one attached hydrogen (secondary N) is 1. The Kier molecular flexibility index (Phi) is 4.85. The third-order valence-corrected chi connectivity index (χ3v) is 5.01. The van der Waals surface area contributed by atoms with E-state index < -0.39 is 0 Å². The van der Waals surface area contributed by atoms with Crippen molar-refractivity contribution in [3.63, 3.8) is 0 Å². The third kappa shape index (κ3) is 3.83. The van der Waals surface area contributed by atoms with Crippen molar-refractivity contribution in [3.05, 3.63) is 64.7 Å². The van der Waals surface area contributed by atoms with Gasteiger partial charge in [-0.15, -0.1) is 0 Å². The summed E-state index contributed by atoms with van der Waals surface area (Å²) >= 11 is 5.96. The van der Waals surface area contributed by atoms with Crippen LogP contribution >= 0.6 is 11.6 Å². The first kappa shape index (κ1) is 17.6. The van der Waals surface area contributed by atoms with Crippen molar-refractivity contribution < 1.29 is 9.53 Å². The predicted octanol–water partition coefficient (Wildman–Crippen LogP) is 3.01. The normalized spacial score (nSPS) is 16.7. The molecule has 1 unspecified atom stereocenters. The average Bonchev–Trinajstić information content (AvgIpc) is 3.40. The topological polar surface area (TPSA) is 76.0 Å². The summed E-state index contributed by atoms with van der Waals surface area (Å²) in [6.45, 7) is 1.76.